The summed E-state index contributed by atoms with van der Waals surface area (Å²) in [6, 6.07) is 4.09. The topological polar surface area (TPSA) is 43.3 Å². The van der Waals surface area contributed by atoms with Crippen molar-refractivity contribution in [1.82, 2.24) is 9.38 Å². The number of pyridine rings is 1. The molecule has 2 heterocycles. The van der Waals surface area contributed by atoms with E-state index in [-0.39, 0.29) is 0 Å². The standard InChI is InChI=1S/C13H17N3S/c1-8(2)12-10(7-11(14)17)16-6-4-5-9(3)13(16)15-12/h4-6,8H,7H2,1-3H3,(H2,14,17). The minimum atomic E-state index is 0.374. The van der Waals surface area contributed by atoms with E-state index in [2.05, 4.69) is 31.2 Å². The van der Waals surface area contributed by atoms with Gasteiger partial charge in [-0.1, -0.05) is 32.1 Å². The lowest BCUT2D eigenvalue weighted by Crippen LogP contribution is -2.14. The summed E-state index contributed by atoms with van der Waals surface area (Å²) in [5, 5.41) is 0. The van der Waals surface area contributed by atoms with Crippen LogP contribution in [0.5, 0.6) is 0 Å². The number of hydrogen-bond donors (Lipinski definition) is 1. The average Bonchev–Trinajstić information content (AvgIpc) is 2.58. The monoisotopic (exact) mass is 247 g/mol. The van der Waals surface area contributed by atoms with E-state index in [9.17, 15) is 0 Å². The van der Waals surface area contributed by atoms with Crippen LogP contribution in [0.15, 0.2) is 18.3 Å². The summed E-state index contributed by atoms with van der Waals surface area (Å²) in [7, 11) is 0. The molecule has 0 radical (unpaired) electrons. The molecule has 17 heavy (non-hydrogen) atoms. The zero-order chi connectivity index (χ0) is 12.6. The first-order valence-electron chi connectivity index (χ1n) is 5.75. The van der Waals surface area contributed by atoms with Crippen molar-refractivity contribution in [3.63, 3.8) is 0 Å². The Kier molecular flexibility index (Phi) is 3.15. The molecule has 4 heteroatoms. The zero-order valence-corrected chi connectivity index (χ0v) is 11.2. The molecule has 0 spiro atoms. The first-order valence-corrected chi connectivity index (χ1v) is 6.16. The number of nitrogens with zero attached hydrogens (tertiary/aromatic N) is 2. The molecule has 0 atom stereocenters. The van der Waals surface area contributed by atoms with Gasteiger partial charge in [-0.15, -0.1) is 0 Å². The second-order valence-electron chi connectivity index (χ2n) is 4.63. The van der Waals surface area contributed by atoms with E-state index in [1.54, 1.807) is 0 Å². The van der Waals surface area contributed by atoms with Gasteiger partial charge >= 0.3 is 0 Å². The number of fused-ring (bicyclic) bond motifs is 1. The highest BCUT2D eigenvalue weighted by Gasteiger charge is 2.16. The van der Waals surface area contributed by atoms with Crippen LogP contribution in [0, 0.1) is 6.92 Å². The normalized spacial score (nSPS) is 11.3. The van der Waals surface area contributed by atoms with Gasteiger partial charge in [0, 0.05) is 12.6 Å². The summed E-state index contributed by atoms with van der Waals surface area (Å²) < 4.78 is 2.10. The Bertz CT molecular complexity index is 569. The SMILES string of the molecule is Cc1cccn2c(CC(N)=S)c(C(C)C)nc12. The smallest absolute Gasteiger partial charge is 0.140 e. The minimum absolute atomic E-state index is 0.374. The fourth-order valence-electron chi connectivity index (χ4n) is 2.07. The highest BCUT2D eigenvalue weighted by atomic mass is 32.1. The summed E-state index contributed by atoms with van der Waals surface area (Å²) in [5.74, 6) is 0.374. The third kappa shape index (κ3) is 2.17. The summed E-state index contributed by atoms with van der Waals surface area (Å²) in [6.07, 6.45) is 2.63. The van der Waals surface area contributed by atoms with E-state index in [0.29, 0.717) is 17.3 Å². The third-order valence-electron chi connectivity index (χ3n) is 2.86. The van der Waals surface area contributed by atoms with Gasteiger partial charge in [0.1, 0.15) is 5.65 Å². The Labute approximate surface area is 107 Å². The third-order valence-corrected chi connectivity index (χ3v) is 3.01. The van der Waals surface area contributed by atoms with Gasteiger partial charge in [0.05, 0.1) is 16.4 Å². The van der Waals surface area contributed by atoms with Crippen LogP contribution in [-0.2, 0) is 6.42 Å². The molecule has 3 nitrogen and oxygen atoms in total. The van der Waals surface area contributed by atoms with Gasteiger partial charge in [0.15, 0.2) is 0 Å². The quantitative estimate of drug-likeness (QED) is 0.848. The fraction of sp³-hybridized carbons (Fsp3) is 0.385. The molecule has 0 aliphatic carbocycles. The molecule has 0 saturated carbocycles. The predicted molar refractivity (Wildman–Crippen MR) is 74.5 cm³/mol. The number of nitrogens with two attached hydrogens (primary N) is 1. The Morgan fingerprint density at radius 3 is 2.82 bits per heavy atom. The number of aryl methyl sites for hydroxylation is 1. The van der Waals surface area contributed by atoms with Gasteiger partial charge in [-0.05, 0) is 24.5 Å². The van der Waals surface area contributed by atoms with Crippen molar-refractivity contribution < 1.29 is 0 Å². The highest BCUT2D eigenvalue weighted by Crippen LogP contribution is 2.22. The van der Waals surface area contributed by atoms with Crippen molar-refractivity contribution in [2.24, 2.45) is 5.73 Å². The van der Waals surface area contributed by atoms with Crippen LogP contribution in [0.1, 0.15) is 36.7 Å². The van der Waals surface area contributed by atoms with Gasteiger partial charge in [0.2, 0.25) is 0 Å². The van der Waals surface area contributed by atoms with Gasteiger partial charge < -0.3 is 10.1 Å². The number of aromatic nitrogens is 2. The molecule has 0 aromatic carbocycles. The van der Waals surface area contributed by atoms with E-state index < -0.39 is 0 Å². The first kappa shape index (κ1) is 12.0. The molecule has 0 aliphatic heterocycles. The molecule has 2 aromatic rings. The fourth-order valence-corrected chi connectivity index (χ4v) is 2.21. The molecule has 2 rings (SSSR count). The maximum absolute atomic E-state index is 5.67. The van der Waals surface area contributed by atoms with E-state index in [1.807, 2.05) is 12.3 Å². The molecule has 0 fully saturated rings. The Morgan fingerprint density at radius 2 is 2.24 bits per heavy atom. The second-order valence-corrected chi connectivity index (χ2v) is 5.15. The average molecular weight is 247 g/mol. The van der Waals surface area contributed by atoms with E-state index >= 15 is 0 Å². The lowest BCUT2D eigenvalue weighted by atomic mass is 10.1. The molecule has 2 N–H and O–H groups in total. The van der Waals surface area contributed by atoms with Crippen LogP contribution in [0.2, 0.25) is 0 Å². The van der Waals surface area contributed by atoms with Crippen molar-refractivity contribution in [3.8, 4) is 0 Å². The number of imidazole rings is 1. The molecular weight excluding hydrogens is 230 g/mol. The van der Waals surface area contributed by atoms with Crippen LogP contribution >= 0.6 is 12.2 Å². The van der Waals surface area contributed by atoms with Crippen molar-refractivity contribution in [1.29, 1.82) is 0 Å². The van der Waals surface area contributed by atoms with Crippen LogP contribution in [0.25, 0.3) is 5.65 Å². The Balaban J connectivity index is 2.71. The van der Waals surface area contributed by atoms with Crippen molar-refractivity contribution in [3.05, 3.63) is 35.3 Å². The van der Waals surface area contributed by atoms with Crippen LogP contribution in [-0.4, -0.2) is 14.4 Å². The van der Waals surface area contributed by atoms with Crippen LogP contribution in [0.3, 0.4) is 0 Å². The molecule has 0 unspecified atom stereocenters. The largest absolute Gasteiger partial charge is 0.393 e. The summed E-state index contributed by atoms with van der Waals surface area (Å²) in [6.45, 7) is 6.34. The number of thiocarbonyl (C=S) groups is 1. The molecular formula is C13H17N3S. The molecule has 0 aliphatic rings. The Hall–Kier alpha value is -1.42. The van der Waals surface area contributed by atoms with Gasteiger partial charge in [-0.25, -0.2) is 4.98 Å². The number of hydrogen-bond acceptors (Lipinski definition) is 2. The molecule has 2 aromatic heterocycles. The summed E-state index contributed by atoms with van der Waals surface area (Å²) in [5.41, 5.74) is 10.1. The molecule has 0 saturated heterocycles. The van der Waals surface area contributed by atoms with E-state index in [0.717, 1.165) is 17.0 Å². The second kappa shape index (κ2) is 4.45. The van der Waals surface area contributed by atoms with Crippen LogP contribution < -0.4 is 5.73 Å². The van der Waals surface area contributed by atoms with E-state index in [4.69, 9.17) is 22.9 Å². The predicted octanol–water partition coefficient (Wildman–Crippen LogP) is 2.59. The van der Waals surface area contributed by atoms with Crippen LogP contribution in [0.4, 0.5) is 0 Å². The lowest BCUT2D eigenvalue weighted by molar-refractivity contribution is 0.816. The number of rotatable bonds is 3. The molecule has 0 bridgehead atoms. The van der Waals surface area contributed by atoms with E-state index in [1.165, 1.54) is 5.56 Å². The van der Waals surface area contributed by atoms with Crippen molar-refractivity contribution in [2.75, 3.05) is 0 Å². The first-order chi connectivity index (χ1) is 8.00. The van der Waals surface area contributed by atoms with Crippen molar-refractivity contribution >= 4 is 22.9 Å². The zero-order valence-electron chi connectivity index (χ0n) is 10.4. The summed E-state index contributed by atoms with van der Waals surface area (Å²) >= 11 is 5.02. The summed E-state index contributed by atoms with van der Waals surface area (Å²) in [4.78, 5) is 5.22. The Morgan fingerprint density at radius 1 is 1.53 bits per heavy atom. The van der Waals surface area contributed by atoms with Crippen molar-refractivity contribution in [2.45, 2.75) is 33.1 Å². The minimum Gasteiger partial charge on any atom is -0.393 e. The van der Waals surface area contributed by atoms with Gasteiger partial charge in [-0.3, -0.25) is 0 Å². The maximum atomic E-state index is 5.67. The van der Waals surface area contributed by atoms with Gasteiger partial charge in [0.25, 0.3) is 0 Å². The maximum Gasteiger partial charge on any atom is 0.140 e. The highest BCUT2D eigenvalue weighted by molar-refractivity contribution is 7.80. The van der Waals surface area contributed by atoms with Gasteiger partial charge in [-0.2, -0.15) is 0 Å². The molecule has 0 amide bonds. The lowest BCUT2D eigenvalue weighted by Gasteiger charge is -2.06. The molecule has 90 valence electrons.